The van der Waals surface area contributed by atoms with E-state index in [0.29, 0.717) is 6.42 Å². The SMILES string of the molecule is Cc1nc2c(s1)CC(=O)N2. The topological polar surface area (TPSA) is 42.0 Å². The van der Waals surface area contributed by atoms with Crippen molar-refractivity contribution in [2.45, 2.75) is 13.3 Å². The molecule has 2 heterocycles. The Morgan fingerprint density at radius 3 is 3.20 bits per heavy atom. The molecule has 0 unspecified atom stereocenters. The second-order valence-corrected chi connectivity index (χ2v) is 3.52. The second-order valence-electron chi connectivity index (χ2n) is 2.23. The zero-order valence-corrected chi connectivity index (χ0v) is 6.29. The van der Waals surface area contributed by atoms with Gasteiger partial charge in [0.15, 0.2) is 0 Å². The van der Waals surface area contributed by atoms with Gasteiger partial charge in [-0.05, 0) is 6.92 Å². The molecule has 0 radical (unpaired) electrons. The van der Waals surface area contributed by atoms with Crippen LogP contribution in [0.4, 0.5) is 5.82 Å². The molecule has 1 N–H and O–H groups in total. The minimum atomic E-state index is 0.0637. The molecule has 1 aliphatic rings. The molecule has 0 aliphatic carbocycles. The number of rotatable bonds is 0. The third-order valence-electron chi connectivity index (χ3n) is 1.38. The number of fused-ring (bicyclic) bond motifs is 1. The van der Waals surface area contributed by atoms with Gasteiger partial charge in [-0.15, -0.1) is 11.3 Å². The lowest BCUT2D eigenvalue weighted by atomic mass is 10.4. The molecule has 0 bridgehead atoms. The van der Waals surface area contributed by atoms with Gasteiger partial charge in [0.1, 0.15) is 5.82 Å². The highest BCUT2D eigenvalue weighted by Crippen LogP contribution is 2.27. The average molecular weight is 154 g/mol. The summed E-state index contributed by atoms with van der Waals surface area (Å²) in [6.07, 6.45) is 0.515. The van der Waals surface area contributed by atoms with Gasteiger partial charge in [0.05, 0.1) is 16.3 Å². The summed E-state index contributed by atoms with van der Waals surface area (Å²) >= 11 is 1.59. The smallest absolute Gasteiger partial charge is 0.230 e. The number of carbonyl (C=O) groups is 1. The molecule has 0 aromatic carbocycles. The molecule has 0 spiro atoms. The number of hydrogen-bond acceptors (Lipinski definition) is 3. The molecule has 1 aliphatic heterocycles. The second kappa shape index (κ2) is 1.79. The number of aromatic nitrogens is 1. The van der Waals surface area contributed by atoms with E-state index in [9.17, 15) is 4.79 Å². The van der Waals surface area contributed by atoms with Gasteiger partial charge in [-0.1, -0.05) is 0 Å². The van der Waals surface area contributed by atoms with Crippen LogP contribution in [0, 0.1) is 6.92 Å². The monoisotopic (exact) mass is 154 g/mol. The van der Waals surface area contributed by atoms with Crippen LogP contribution in [-0.2, 0) is 11.2 Å². The van der Waals surface area contributed by atoms with Gasteiger partial charge in [-0.3, -0.25) is 4.79 Å². The first-order valence-corrected chi connectivity index (χ1v) is 3.83. The van der Waals surface area contributed by atoms with E-state index >= 15 is 0 Å². The van der Waals surface area contributed by atoms with E-state index in [1.54, 1.807) is 11.3 Å². The Bertz CT molecular complexity index is 266. The average Bonchev–Trinajstić information content (AvgIpc) is 2.21. The first-order chi connectivity index (χ1) is 4.75. The normalized spacial score (nSPS) is 15.1. The van der Waals surface area contributed by atoms with Gasteiger partial charge in [-0.2, -0.15) is 0 Å². The Morgan fingerprint density at radius 2 is 2.50 bits per heavy atom. The van der Waals surface area contributed by atoms with Crippen LogP contribution < -0.4 is 5.32 Å². The van der Waals surface area contributed by atoms with E-state index in [2.05, 4.69) is 10.3 Å². The fourth-order valence-corrected chi connectivity index (χ4v) is 1.90. The van der Waals surface area contributed by atoms with E-state index in [1.165, 1.54) is 0 Å². The molecular formula is C6H6N2OS. The maximum absolute atomic E-state index is 10.7. The molecule has 1 amide bonds. The van der Waals surface area contributed by atoms with Crippen LogP contribution in [0.5, 0.6) is 0 Å². The van der Waals surface area contributed by atoms with Crippen molar-refractivity contribution in [1.29, 1.82) is 0 Å². The predicted molar refractivity (Wildman–Crippen MR) is 39.2 cm³/mol. The van der Waals surface area contributed by atoms with E-state index in [-0.39, 0.29) is 5.91 Å². The van der Waals surface area contributed by atoms with Gasteiger partial charge in [0.2, 0.25) is 5.91 Å². The van der Waals surface area contributed by atoms with Gasteiger partial charge in [0.25, 0.3) is 0 Å². The quantitative estimate of drug-likeness (QED) is 0.604. The highest BCUT2D eigenvalue weighted by molar-refractivity contribution is 7.12. The summed E-state index contributed by atoms with van der Waals surface area (Å²) in [5.74, 6) is 0.834. The van der Waals surface area contributed by atoms with E-state index in [4.69, 9.17) is 0 Å². The molecule has 3 nitrogen and oxygen atoms in total. The lowest BCUT2D eigenvalue weighted by Gasteiger charge is -1.86. The zero-order valence-electron chi connectivity index (χ0n) is 5.47. The first kappa shape index (κ1) is 5.85. The van der Waals surface area contributed by atoms with Crippen molar-refractivity contribution < 1.29 is 4.79 Å². The largest absolute Gasteiger partial charge is 0.309 e. The van der Waals surface area contributed by atoms with E-state index < -0.39 is 0 Å². The summed E-state index contributed by atoms with van der Waals surface area (Å²) in [5.41, 5.74) is 0. The van der Waals surface area contributed by atoms with Crippen LogP contribution in [0.1, 0.15) is 9.88 Å². The summed E-state index contributed by atoms with van der Waals surface area (Å²) in [4.78, 5) is 15.9. The number of nitrogens with zero attached hydrogens (tertiary/aromatic N) is 1. The number of nitrogens with one attached hydrogen (secondary N) is 1. The molecular weight excluding hydrogens is 148 g/mol. The Kier molecular flexibility index (Phi) is 1.05. The van der Waals surface area contributed by atoms with Crippen LogP contribution in [0.3, 0.4) is 0 Å². The van der Waals surface area contributed by atoms with Gasteiger partial charge < -0.3 is 5.32 Å². The molecule has 10 heavy (non-hydrogen) atoms. The summed E-state index contributed by atoms with van der Waals surface area (Å²) in [7, 11) is 0. The summed E-state index contributed by atoms with van der Waals surface area (Å²) in [6, 6.07) is 0. The molecule has 4 heteroatoms. The van der Waals surface area contributed by atoms with Gasteiger partial charge in [-0.25, -0.2) is 4.98 Å². The predicted octanol–water partition coefficient (Wildman–Crippen LogP) is 0.946. The van der Waals surface area contributed by atoms with Crippen molar-refractivity contribution >= 4 is 23.1 Å². The van der Waals surface area contributed by atoms with E-state index in [1.807, 2.05) is 6.92 Å². The fraction of sp³-hybridized carbons (Fsp3) is 0.333. The Hall–Kier alpha value is -0.900. The van der Waals surface area contributed by atoms with Crippen molar-refractivity contribution in [3.8, 4) is 0 Å². The third kappa shape index (κ3) is 0.724. The van der Waals surface area contributed by atoms with Gasteiger partial charge in [0, 0.05) is 0 Å². The van der Waals surface area contributed by atoms with E-state index in [0.717, 1.165) is 15.7 Å². The van der Waals surface area contributed by atoms with Crippen LogP contribution in [0.25, 0.3) is 0 Å². The zero-order chi connectivity index (χ0) is 7.14. The van der Waals surface area contributed by atoms with Crippen molar-refractivity contribution in [2.24, 2.45) is 0 Å². The lowest BCUT2D eigenvalue weighted by molar-refractivity contribution is -0.115. The van der Waals surface area contributed by atoms with Crippen LogP contribution in [0.15, 0.2) is 0 Å². The molecule has 1 aromatic heterocycles. The van der Waals surface area contributed by atoms with Crippen LogP contribution in [0.2, 0.25) is 0 Å². The minimum Gasteiger partial charge on any atom is -0.309 e. The molecule has 0 fully saturated rings. The van der Waals surface area contributed by atoms with Crippen LogP contribution in [-0.4, -0.2) is 10.9 Å². The van der Waals surface area contributed by atoms with Crippen LogP contribution >= 0.6 is 11.3 Å². The summed E-state index contributed by atoms with van der Waals surface area (Å²) < 4.78 is 0. The van der Waals surface area contributed by atoms with Gasteiger partial charge >= 0.3 is 0 Å². The first-order valence-electron chi connectivity index (χ1n) is 3.02. The number of carbonyl (C=O) groups excluding carboxylic acids is 1. The Morgan fingerprint density at radius 1 is 1.70 bits per heavy atom. The molecule has 0 atom stereocenters. The van der Waals surface area contributed by atoms with Crippen molar-refractivity contribution in [3.05, 3.63) is 9.88 Å². The van der Waals surface area contributed by atoms with Crippen molar-refractivity contribution in [3.63, 3.8) is 0 Å². The number of aryl methyl sites for hydroxylation is 1. The maximum Gasteiger partial charge on any atom is 0.230 e. The summed E-state index contributed by atoms with van der Waals surface area (Å²) in [5, 5.41) is 3.70. The third-order valence-corrected chi connectivity index (χ3v) is 2.35. The Balaban J connectivity index is 2.47. The lowest BCUT2D eigenvalue weighted by Crippen LogP contribution is -2.04. The molecule has 52 valence electrons. The highest BCUT2D eigenvalue weighted by Gasteiger charge is 2.20. The Labute approximate surface area is 62.1 Å². The van der Waals surface area contributed by atoms with Crippen molar-refractivity contribution in [1.82, 2.24) is 4.98 Å². The maximum atomic E-state index is 10.7. The minimum absolute atomic E-state index is 0.0637. The molecule has 0 saturated carbocycles. The number of anilines is 1. The number of amides is 1. The number of hydrogen-bond donors (Lipinski definition) is 1. The standard InChI is InChI=1S/C6H6N2OS/c1-3-7-6-4(10-3)2-5(9)8-6/h2H2,1H3,(H,8,9). The van der Waals surface area contributed by atoms with Crippen molar-refractivity contribution in [2.75, 3.05) is 5.32 Å². The molecule has 0 saturated heterocycles. The highest BCUT2D eigenvalue weighted by atomic mass is 32.1. The molecule has 2 rings (SSSR count). The number of thiazole rings is 1. The molecule has 1 aromatic rings. The fourth-order valence-electron chi connectivity index (χ4n) is 1.01. The summed E-state index contributed by atoms with van der Waals surface area (Å²) in [6.45, 7) is 1.94.